The molecule has 5 heteroatoms. The van der Waals surface area contributed by atoms with E-state index in [1.165, 1.54) is 0 Å². The van der Waals surface area contributed by atoms with Crippen LogP contribution in [0, 0.1) is 0 Å². The van der Waals surface area contributed by atoms with E-state index in [1.807, 2.05) is 25.8 Å². The molecule has 1 rings (SSSR count). The molecular weight excluding hydrogens is 216 g/mol. The summed E-state index contributed by atoms with van der Waals surface area (Å²) in [5, 5.41) is 2.98. The summed E-state index contributed by atoms with van der Waals surface area (Å²) in [5.74, 6) is 0.223. The Kier molecular flexibility index (Phi) is 6.89. The predicted molar refractivity (Wildman–Crippen MR) is 62.4 cm³/mol. The largest absolute Gasteiger partial charge is 0.372 e. The molecule has 0 aromatic rings. The van der Waals surface area contributed by atoms with Crippen molar-refractivity contribution in [2.24, 2.45) is 0 Å². The van der Waals surface area contributed by atoms with Gasteiger partial charge < -0.3 is 15.0 Å². The Bertz CT molecular complexity index is 192. The van der Waals surface area contributed by atoms with Crippen LogP contribution in [-0.2, 0) is 9.53 Å². The van der Waals surface area contributed by atoms with Crippen LogP contribution in [0.4, 0.5) is 0 Å². The van der Waals surface area contributed by atoms with Crippen molar-refractivity contribution in [1.29, 1.82) is 0 Å². The lowest BCUT2D eigenvalue weighted by Gasteiger charge is -2.35. The average molecular weight is 237 g/mol. The highest BCUT2D eigenvalue weighted by Crippen LogP contribution is 2.11. The second-order valence-electron chi connectivity index (χ2n) is 3.91. The topological polar surface area (TPSA) is 41.6 Å². The van der Waals surface area contributed by atoms with Crippen molar-refractivity contribution in [1.82, 2.24) is 10.2 Å². The molecule has 1 heterocycles. The van der Waals surface area contributed by atoms with E-state index in [0.717, 1.165) is 19.6 Å². The first-order valence-corrected chi connectivity index (χ1v) is 5.21. The monoisotopic (exact) mass is 236 g/mol. The zero-order chi connectivity index (χ0) is 10.6. The molecule has 0 aliphatic carbocycles. The maximum absolute atomic E-state index is 11.7. The van der Waals surface area contributed by atoms with Crippen LogP contribution in [0.1, 0.15) is 20.3 Å². The number of rotatable bonds is 3. The van der Waals surface area contributed by atoms with Crippen molar-refractivity contribution >= 4 is 18.3 Å². The molecule has 15 heavy (non-hydrogen) atoms. The second-order valence-corrected chi connectivity index (χ2v) is 3.91. The second kappa shape index (κ2) is 7.04. The summed E-state index contributed by atoms with van der Waals surface area (Å²) >= 11 is 0. The summed E-state index contributed by atoms with van der Waals surface area (Å²) in [5.41, 5.74) is 0. The average Bonchev–Trinajstić information content (AvgIpc) is 2.12. The Morgan fingerprint density at radius 2 is 1.93 bits per heavy atom. The Morgan fingerprint density at radius 1 is 1.40 bits per heavy atom. The molecule has 1 fully saturated rings. The number of morpholine rings is 1. The van der Waals surface area contributed by atoms with E-state index >= 15 is 0 Å². The molecule has 2 atom stereocenters. The van der Waals surface area contributed by atoms with Crippen molar-refractivity contribution in [2.45, 2.75) is 32.5 Å². The summed E-state index contributed by atoms with van der Waals surface area (Å²) in [4.78, 5) is 13.6. The summed E-state index contributed by atoms with van der Waals surface area (Å²) in [6.45, 7) is 6.22. The lowest BCUT2D eigenvalue weighted by Crippen LogP contribution is -2.48. The van der Waals surface area contributed by atoms with E-state index < -0.39 is 0 Å². The predicted octanol–water partition coefficient (Wildman–Crippen LogP) is 0.653. The van der Waals surface area contributed by atoms with Crippen molar-refractivity contribution in [3.05, 3.63) is 0 Å². The molecule has 0 bridgehead atoms. The highest BCUT2D eigenvalue weighted by atomic mass is 35.5. The fourth-order valence-electron chi connectivity index (χ4n) is 1.77. The molecule has 1 amide bonds. The maximum Gasteiger partial charge on any atom is 0.224 e. The van der Waals surface area contributed by atoms with E-state index in [1.54, 1.807) is 0 Å². The van der Waals surface area contributed by atoms with Gasteiger partial charge in [-0.2, -0.15) is 0 Å². The van der Waals surface area contributed by atoms with Gasteiger partial charge in [-0.05, 0) is 20.9 Å². The highest BCUT2D eigenvalue weighted by molar-refractivity contribution is 5.85. The van der Waals surface area contributed by atoms with Gasteiger partial charge in [0, 0.05) is 26.1 Å². The number of carbonyl (C=O) groups excluding carboxylic acids is 1. The van der Waals surface area contributed by atoms with Gasteiger partial charge in [-0.15, -0.1) is 12.4 Å². The van der Waals surface area contributed by atoms with Gasteiger partial charge in [0.05, 0.1) is 12.2 Å². The number of halogens is 1. The molecule has 0 radical (unpaired) electrons. The van der Waals surface area contributed by atoms with E-state index in [2.05, 4.69) is 5.32 Å². The van der Waals surface area contributed by atoms with Gasteiger partial charge in [-0.25, -0.2) is 0 Å². The zero-order valence-corrected chi connectivity index (χ0v) is 10.5. The van der Waals surface area contributed by atoms with Crippen molar-refractivity contribution in [2.75, 3.05) is 26.7 Å². The Morgan fingerprint density at radius 3 is 2.40 bits per heavy atom. The van der Waals surface area contributed by atoms with E-state index in [9.17, 15) is 4.79 Å². The molecule has 1 N–H and O–H groups in total. The molecule has 0 spiro atoms. The molecule has 0 saturated carbocycles. The molecule has 1 aliphatic heterocycles. The summed E-state index contributed by atoms with van der Waals surface area (Å²) in [6, 6.07) is 0. The summed E-state index contributed by atoms with van der Waals surface area (Å²) < 4.78 is 5.56. The van der Waals surface area contributed by atoms with Gasteiger partial charge in [0.25, 0.3) is 0 Å². The number of amides is 1. The Labute approximate surface area is 97.8 Å². The lowest BCUT2D eigenvalue weighted by atomic mass is 10.2. The molecule has 4 nitrogen and oxygen atoms in total. The molecule has 0 aromatic heterocycles. The van der Waals surface area contributed by atoms with Crippen molar-refractivity contribution < 1.29 is 9.53 Å². The number of hydrogen-bond donors (Lipinski definition) is 1. The van der Waals surface area contributed by atoms with Gasteiger partial charge in [0.2, 0.25) is 5.91 Å². The first-order valence-electron chi connectivity index (χ1n) is 5.21. The smallest absolute Gasteiger partial charge is 0.224 e. The molecule has 2 unspecified atom stereocenters. The van der Waals surface area contributed by atoms with Gasteiger partial charge in [0.1, 0.15) is 0 Å². The summed E-state index contributed by atoms with van der Waals surface area (Å²) in [7, 11) is 1.86. The first-order chi connectivity index (χ1) is 6.63. The van der Waals surface area contributed by atoms with Crippen LogP contribution in [0.3, 0.4) is 0 Å². The minimum Gasteiger partial charge on any atom is -0.372 e. The van der Waals surface area contributed by atoms with Crippen LogP contribution < -0.4 is 5.32 Å². The number of nitrogens with one attached hydrogen (secondary N) is 1. The van der Waals surface area contributed by atoms with Crippen molar-refractivity contribution in [3.8, 4) is 0 Å². The fourth-order valence-corrected chi connectivity index (χ4v) is 1.77. The van der Waals surface area contributed by atoms with Gasteiger partial charge in [-0.1, -0.05) is 0 Å². The molecule has 90 valence electrons. The Hall–Kier alpha value is -0.320. The molecule has 1 aliphatic rings. The van der Waals surface area contributed by atoms with Crippen LogP contribution in [0.15, 0.2) is 0 Å². The van der Waals surface area contributed by atoms with E-state index in [4.69, 9.17) is 4.74 Å². The third-order valence-corrected chi connectivity index (χ3v) is 2.36. The van der Waals surface area contributed by atoms with Gasteiger partial charge >= 0.3 is 0 Å². The fraction of sp³-hybridized carbons (Fsp3) is 0.900. The normalized spacial score (nSPS) is 25.9. The Balaban J connectivity index is 0.00000196. The summed E-state index contributed by atoms with van der Waals surface area (Å²) in [6.07, 6.45) is 0.908. The number of hydrogen-bond acceptors (Lipinski definition) is 3. The van der Waals surface area contributed by atoms with Crippen LogP contribution in [0.25, 0.3) is 0 Å². The van der Waals surface area contributed by atoms with E-state index in [0.29, 0.717) is 6.42 Å². The minimum absolute atomic E-state index is 0. The third kappa shape index (κ3) is 4.82. The standard InChI is InChI=1S/C10H20N2O2.ClH/c1-8-6-12(7-9(2)14-8)10(13)4-5-11-3;/h8-9,11H,4-7H2,1-3H3;1H. The lowest BCUT2D eigenvalue weighted by molar-refractivity contribution is -0.143. The van der Waals surface area contributed by atoms with Crippen LogP contribution in [-0.4, -0.2) is 49.7 Å². The zero-order valence-electron chi connectivity index (χ0n) is 9.66. The van der Waals surface area contributed by atoms with Crippen LogP contribution in [0.2, 0.25) is 0 Å². The first kappa shape index (κ1) is 14.7. The number of nitrogens with zero attached hydrogens (tertiary/aromatic N) is 1. The molecule has 0 aromatic carbocycles. The maximum atomic E-state index is 11.7. The minimum atomic E-state index is 0. The molecule has 1 saturated heterocycles. The van der Waals surface area contributed by atoms with Gasteiger partial charge in [-0.3, -0.25) is 4.79 Å². The highest BCUT2D eigenvalue weighted by Gasteiger charge is 2.25. The van der Waals surface area contributed by atoms with Crippen LogP contribution in [0.5, 0.6) is 0 Å². The van der Waals surface area contributed by atoms with Gasteiger partial charge in [0.15, 0.2) is 0 Å². The quantitative estimate of drug-likeness (QED) is 0.783. The number of ether oxygens (including phenoxy) is 1. The molecular formula is C10H21ClN2O2. The van der Waals surface area contributed by atoms with E-state index in [-0.39, 0.29) is 30.5 Å². The third-order valence-electron chi connectivity index (χ3n) is 2.36. The number of carbonyl (C=O) groups is 1. The SMILES string of the molecule is CNCCC(=O)N1CC(C)OC(C)C1.Cl. The van der Waals surface area contributed by atoms with Crippen LogP contribution >= 0.6 is 12.4 Å². The van der Waals surface area contributed by atoms with Crippen molar-refractivity contribution in [3.63, 3.8) is 0 Å².